The zero-order valence-corrected chi connectivity index (χ0v) is 17.5. The maximum atomic E-state index is 12.1. The van der Waals surface area contributed by atoms with E-state index in [0.717, 1.165) is 28.3 Å². The van der Waals surface area contributed by atoms with Gasteiger partial charge in [0, 0.05) is 18.2 Å². The van der Waals surface area contributed by atoms with Gasteiger partial charge in [0.05, 0.1) is 23.9 Å². The lowest BCUT2D eigenvalue weighted by molar-refractivity contribution is -0.121. The van der Waals surface area contributed by atoms with Gasteiger partial charge in [-0.2, -0.15) is 0 Å². The zero-order valence-electron chi connectivity index (χ0n) is 16.7. The molecule has 0 radical (unpaired) electrons. The van der Waals surface area contributed by atoms with Crippen LogP contribution in [0.4, 0.5) is 0 Å². The molecule has 3 aromatic carbocycles. The van der Waals surface area contributed by atoms with Gasteiger partial charge < -0.3 is 10.1 Å². The monoisotopic (exact) mass is 416 g/mol. The molecule has 0 saturated carbocycles. The molecule has 1 heterocycles. The van der Waals surface area contributed by atoms with E-state index >= 15 is 0 Å². The van der Waals surface area contributed by atoms with Crippen molar-refractivity contribution in [2.45, 2.75) is 25.8 Å². The van der Waals surface area contributed by atoms with Gasteiger partial charge in [-0.3, -0.25) is 4.79 Å². The number of ether oxygens (including phenoxy) is 1. The van der Waals surface area contributed by atoms with Gasteiger partial charge in [-0.25, -0.2) is 4.98 Å². The van der Waals surface area contributed by atoms with Gasteiger partial charge in [-0.15, -0.1) is 11.3 Å². The molecule has 4 aromatic rings. The molecule has 0 aliphatic heterocycles. The number of rotatable bonds is 9. The van der Waals surface area contributed by atoms with E-state index in [1.165, 1.54) is 10.9 Å². The first-order chi connectivity index (χ1) is 14.8. The predicted octanol–water partition coefficient (Wildman–Crippen LogP) is 5.36. The van der Waals surface area contributed by atoms with Crippen LogP contribution in [-0.4, -0.2) is 17.5 Å². The first kappa shape index (κ1) is 20.1. The summed E-state index contributed by atoms with van der Waals surface area (Å²) in [6.07, 6.45) is 1.94. The van der Waals surface area contributed by atoms with E-state index in [1.54, 1.807) is 11.3 Å². The molecule has 4 rings (SSSR count). The third-order valence-electron chi connectivity index (χ3n) is 4.80. The van der Waals surface area contributed by atoms with Crippen LogP contribution in [0, 0.1) is 0 Å². The van der Waals surface area contributed by atoms with Crippen LogP contribution in [0.15, 0.2) is 78.2 Å². The second kappa shape index (κ2) is 10.0. The fourth-order valence-electron chi connectivity index (χ4n) is 3.24. The van der Waals surface area contributed by atoms with Crippen molar-refractivity contribution in [1.82, 2.24) is 10.3 Å². The first-order valence-electron chi connectivity index (χ1n) is 10.1. The van der Waals surface area contributed by atoms with Crippen molar-refractivity contribution in [2.75, 3.05) is 6.61 Å². The Morgan fingerprint density at radius 2 is 1.77 bits per heavy atom. The van der Waals surface area contributed by atoms with Gasteiger partial charge in [0.1, 0.15) is 5.75 Å². The average molecular weight is 417 g/mol. The van der Waals surface area contributed by atoms with Crippen molar-refractivity contribution < 1.29 is 9.53 Å². The molecule has 1 N–H and O–H groups in total. The van der Waals surface area contributed by atoms with Crippen molar-refractivity contribution in [3.63, 3.8) is 0 Å². The van der Waals surface area contributed by atoms with Crippen molar-refractivity contribution in [2.24, 2.45) is 0 Å². The highest BCUT2D eigenvalue weighted by Gasteiger charge is 2.06. The summed E-state index contributed by atoms with van der Waals surface area (Å²) in [6.45, 7) is 0.985. The Hall–Kier alpha value is -3.18. The van der Waals surface area contributed by atoms with Gasteiger partial charge in [0.25, 0.3) is 0 Å². The van der Waals surface area contributed by atoms with Gasteiger partial charge in [0.2, 0.25) is 5.91 Å². The predicted molar refractivity (Wildman–Crippen MR) is 122 cm³/mol. The van der Waals surface area contributed by atoms with Crippen molar-refractivity contribution in [1.29, 1.82) is 0 Å². The first-order valence-corrected chi connectivity index (χ1v) is 11.0. The van der Waals surface area contributed by atoms with Crippen LogP contribution < -0.4 is 10.1 Å². The summed E-state index contributed by atoms with van der Waals surface area (Å²) in [6, 6.07) is 24.5. The zero-order chi connectivity index (χ0) is 20.6. The molecular weight excluding hydrogens is 392 g/mol. The highest BCUT2D eigenvalue weighted by Crippen LogP contribution is 2.20. The van der Waals surface area contributed by atoms with E-state index in [4.69, 9.17) is 4.74 Å². The normalized spacial score (nSPS) is 10.8. The number of thiazole rings is 1. The summed E-state index contributed by atoms with van der Waals surface area (Å²) in [4.78, 5) is 16.7. The van der Waals surface area contributed by atoms with E-state index in [2.05, 4.69) is 40.6 Å². The van der Waals surface area contributed by atoms with Crippen molar-refractivity contribution in [3.8, 4) is 5.75 Å². The van der Waals surface area contributed by atoms with Crippen LogP contribution in [0.25, 0.3) is 10.8 Å². The molecule has 30 heavy (non-hydrogen) atoms. The number of benzene rings is 3. The topological polar surface area (TPSA) is 51.2 Å². The van der Waals surface area contributed by atoms with E-state index in [1.807, 2.05) is 47.8 Å². The number of hydrogen-bond acceptors (Lipinski definition) is 4. The van der Waals surface area contributed by atoms with E-state index < -0.39 is 0 Å². The van der Waals surface area contributed by atoms with Gasteiger partial charge >= 0.3 is 0 Å². The minimum atomic E-state index is 0.0229. The lowest BCUT2D eigenvalue weighted by atomic mass is 10.1. The Balaban J connectivity index is 1.16. The number of nitrogens with zero attached hydrogens (tertiary/aromatic N) is 1. The summed E-state index contributed by atoms with van der Waals surface area (Å²) in [7, 11) is 0. The van der Waals surface area contributed by atoms with Crippen LogP contribution >= 0.6 is 11.3 Å². The lowest BCUT2D eigenvalue weighted by Crippen LogP contribution is -2.23. The summed E-state index contributed by atoms with van der Waals surface area (Å²) >= 11 is 1.63. The highest BCUT2D eigenvalue weighted by atomic mass is 32.1. The molecule has 0 saturated heterocycles. The molecule has 0 spiro atoms. The number of fused-ring (bicyclic) bond motifs is 1. The second-order valence-electron chi connectivity index (χ2n) is 7.13. The molecule has 0 aliphatic carbocycles. The molecule has 152 valence electrons. The van der Waals surface area contributed by atoms with Crippen molar-refractivity contribution >= 4 is 28.0 Å². The van der Waals surface area contributed by atoms with Crippen molar-refractivity contribution in [3.05, 3.63) is 94.4 Å². The third kappa shape index (κ3) is 5.67. The fraction of sp³-hybridized carbons (Fsp3) is 0.200. The summed E-state index contributed by atoms with van der Waals surface area (Å²) in [5.41, 5.74) is 2.15. The Morgan fingerprint density at radius 3 is 2.63 bits per heavy atom. The number of carbonyl (C=O) groups is 1. The van der Waals surface area contributed by atoms with Crippen LogP contribution in [0.2, 0.25) is 0 Å². The largest absolute Gasteiger partial charge is 0.494 e. The molecule has 4 nitrogen and oxygen atoms in total. The minimum absolute atomic E-state index is 0.0229. The molecule has 0 fully saturated rings. The van der Waals surface area contributed by atoms with Crippen LogP contribution in [-0.2, 0) is 17.8 Å². The molecule has 1 amide bonds. The molecule has 5 heteroatoms. The quantitative estimate of drug-likeness (QED) is 0.374. The third-order valence-corrected chi connectivity index (χ3v) is 5.70. The van der Waals surface area contributed by atoms with E-state index in [9.17, 15) is 4.79 Å². The smallest absolute Gasteiger partial charge is 0.220 e. The fourth-order valence-corrected chi connectivity index (χ4v) is 4.07. The van der Waals surface area contributed by atoms with Gasteiger partial charge in [-0.1, -0.05) is 60.7 Å². The number of hydrogen-bond donors (Lipinski definition) is 1. The Morgan fingerprint density at radius 1 is 0.967 bits per heavy atom. The Bertz CT molecular complexity index is 1110. The van der Waals surface area contributed by atoms with Gasteiger partial charge in [0.15, 0.2) is 0 Å². The molecular formula is C25H24N2O2S. The summed E-state index contributed by atoms with van der Waals surface area (Å²) < 4.78 is 5.80. The van der Waals surface area contributed by atoms with Crippen LogP contribution in [0.5, 0.6) is 5.75 Å². The number of nitrogens with one attached hydrogen (secondary N) is 1. The SMILES string of the molecule is O=C(CCCOc1ccc2ccccc2c1)NCc1csc(Cc2ccccc2)n1. The lowest BCUT2D eigenvalue weighted by Gasteiger charge is -2.07. The maximum absolute atomic E-state index is 12.1. The second-order valence-corrected chi connectivity index (χ2v) is 8.08. The van der Waals surface area contributed by atoms with Gasteiger partial charge in [-0.05, 0) is 34.9 Å². The highest BCUT2D eigenvalue weighted by molar-refractivity contribution is 7.09. The molecule has 0 bridgehead atoms. The molecule has 0 atom stereocenters. The number of amides is 1. The van der Waals surface area contributed by atoms with Crippen LogP contribution in [0.3, 0.4) is 0 Å². The summed E-state index contributed by atoms with van der Waals surface area (Å²) in [5, 5.41) is 8.38. The maximum Gasteiger partial charge on any atom is 0.220 e. The molecule has 0 unspecified atom stereocenters. The van der Waals surface area contributed by atoms with Crippen LogP contribution in [0.1, 0.15) is 29.1 Å². The van der Waals surface area contributed by atoms with E-state index in [0.29, 0.717) is 26.0 Å². The Kier molecular flexibility index (Phi) is 6.72. The number of aromatic nitrogens is 1. The molecule has 1 aromatic heterocycles. The Labute approximate surface area is 180 Å². The standard InChI is InChI=1S/C25H24N2O2S/c28-24(11-6-14-29-23-13-12-20-9-4-5-10-21(20)16-23)26-17-22-18-30-25(27-22)15-19-7-2-1-3-8-19/h1-5,7-10,12-13,16,18H,6,11,14-15,17H2,(H,26,28). The summed E-state index contributed by atoms with van der Waals surface area (Å²) in [5.74, 6) is 0.859. The number of carbonyl (C=O) groups excluding carboxylic acids is 1. The van der Waals surface area contributed by atoms with E-state index in [-0.39, 0.29) is 5.91 Å². The average Bonchev–Trinajstić information content (AvgIpc) is 3.23. The minimum Gasteiger partial charge on any atom is -0.494 e. The molecule has 0 aliphatic rings.